The second kappa shape index (κ2) is 8.20. The van der Waals surface area contributed by atoms with Crippen molar-refractivity contribution >= 4 is 11.4 Å². The predicted octanol–water partition coefficient (Wildman–Crippen LogP) is 3.95. The summed E-state index contributed by atoms with van der Waals surface area (Å²) in [5, 5.41) is 0. The van der Waals surface area contributed by atoms with Crippen LogP contribution in [0.15, 0.2) is 54.6 Å². The molecule has 0 heterocycles. The fourth-order valence-corrected chi connectivity index (χ4v) is 2.27. The number of hydrogen-bond donors (Lipinski definition) is 1. The maximum absolute atomic E-state index is 5.71. The van der Waals surface area contributed by atoms with Gasteiger partial charge in [0, 0.05) is 24.5 Å². The van der Waals surface area contributed by atoms with Crippen molar-refractivity contribution in [3.05, 3.63) is 54.6 Å². The number of para-hydroxylation sites is 1. The van der Waals surface area contributed by atoms with Crippen LogP contribution >= 0.6 is 0 Å². The van der Waals surface area contributed by atoms with Crippen LogP contribution in [0, 0.1) is 0 Å². The van der Waals surface area contributed by atoms with Gasteiger partial charge in [0.15, 0.2) is 0 Å². The molecule has 21 heavy (non-hydrogen) atoms. The highest BCUT2D eigenvalue weighted by Crippen LogP contribution is 2.15. The first-order valence-electron chi connectivity index (χ1n) is 7.58. The number of ether oxygens (including phenoxy) is 1. The van der Waals surface area contributed by atoms with Crippen LogP contribution in [-0.4, -0.2) is 19.7 Å². The Hall–Kier alpha value is -2.16. The van der Waals surface area contributed by atoms with Gasteiger partial charge < -0.3 is 15.4 Å². The summed E-state index contributed by atoms with van der Waals surface area (Å²) in [6, 6.07) is 18.1. The Kier molecular flexibility index (Phi) is 5.95. The van der Waals surface area contributed by atoms with Crippen LogP contribution in [0.3, 0.4) is 0 Å². The lowest BCUT2D eigenvalue weighted by Gasteiger charge is -2.23. The Morgan fingerprint density at radius 2 is 1.67 bits per heavy atom. The van der Waals surface area contributed by atoms with E-state index in [4.69, 9.17) is 10.5 Å². The molecular formula is C18H24N2O. The summed E-state index contributed by atoms with van der Waals surface area (Å²) in [4.78, 5) is 2.39. The predicted molar refractivity (Wildman–Crippen MR) is 89.9 cm³/mol. The van der Waals surface area contributed by atoms with E-state index < -0.39 is 0 Å². The molecule has 0 aliphatic carbocycles. The largest absolute Gasteiger partial charge is 0.494 e. The Bertz CT molecular complexity index is 511. The summed E-state index contributed by atoms with van der Waals surface area (Å²) in [5.74, 6) is 0.889. The van der Waals surface area contributed by atoms with Crippen LogP contribution in [0.25, 0.3) is 0 Å². The van der Waals surface area contributed by atoms with Gasteiger partial charge in [0.2, 0.25) is 0 Å². The van der Waals surface area contributed by atoms with Crippen molar-refractivity contribution in [2.24, 2.45) is 0 Å². The summed E-state index contributed by atoms with van der Waals surface area (Å²) in [6.45, 7) is 5.03. The number of unbranched alkanes of at least 4 members (excludes halogenated alkanes) is 1. The standard InChI is InChI=1S/C18H24N2O/c1-2-20(17-8-4-3-5-9-17)14-6-7-15-21-18-12-10-16(19)11-13-18/h3-5,8-13H,2,6-7,14-15,19H2,1H3. The van der Waals surface area contributed by atoms with Gasteiger partial charge in [-0.15, -0.1) is 0 Å². The molecule has 0 saturated heterocycles. The van der Waals surface area contributed by atoms with E-state index in [-0.39, 0.29) is 0 Å². The maximum atomic E-state index is 5.71. The van der Waals surface area contributed by atoms with Gasteiger partial charge in [0.05, 0.1) is 6.61 Å². The van der Waals surface area contributed by atoms with Gasteiger partial charge in [-0.25, -0.2) is 0 Å². The third-order valence-corrected chi connectivity index (χ3v) is 3.47. The number of nitrogens with two attached hydrogens (primary N) is 1. The molecule has 0 atom stereocenters. The summed E-state index contributed by atoms with van der Waals surface area (Å²) in [5.41, 5.74) is 7.70. The molecule has 3 heteroatoms. The van der Waals surface area contributed by atoms with Crippen LogP contribution in [0.5, 0.6) is 5.75 Å². The minimum absolute atomic E-state index is 0.746. The van der Waals surface area contributed by atoms with Gasteiger partial charge >= 0.3 is 0 Å². The zero-order valence-electron chi connectivity index (χ0n) is 12.7. The monoisotopic (exact) mass is 284 g/mol. The molecule has 0 spiro atoms. The highest BCUT2D eigenvalue weighted by Gasteiger charge is 2.02. The molecule has 0 radical (unpaired) electrons. The molecule has 2 aromatic rings. The molecule has 0 bridgehead atoms. The summed E-state index contributed by atoms with van der Waals surface area (Å²) < 4.78 is 5.71. The van der Waals surface area contributed by atoms with E-state index in [1.54, 1.807) is 0 Å². The highest BCUT2D eigenvalue weighted by atomic mass is 16.5. The van der Waals surface area contributed by atoms with Gasteiger partial charge in [-0.2, -0.15) is 0 Å². The molecule has 0 aromatic heterocycles. The molecule has 0 aliphatic heterocycles. The van der Waals surface area contributed by atoms with E-state index in [9.17, 15) is 0 Å². The quantitative estimate of drug-likeness (QED) is 0.589. The molecule has 0 unspecified atom stereocenters. The lowest BCUT2D eigenvalue weighted by atomic mass is 10.2. The van der Waals surface area contributed by atoms with Crippen LogP contribution < -0.4 is 15.4 Å². The molecule has 0 fully saturated rings. The number of nitrogens with zero attached hydrogens (tertiary/aromatic N) is 1. The molecule has 3 nitrogen and oxygen atoms in total. The van der Waals surface area contributed by atoms with Crippen molar-refractivity contribution in [1.29, 1.82) is 0 Å². The average Bonchev–Trinajstić information content (AvgIpc) is 2.53. The third-order valence-electron chi connectivity index (χ3n) is 3.47. The van der Waals surface area contributed by atoms with E-state index in [0.29, 0.717) is 0 Å². The second-order valence-electron chi connectivity index (χ2n) is 5.04. The smallest absolute Gasteiger partial charge is 0.119 e. The Morgan fingerprint density at radius 3 is 2.33 bits per heavy atom. The number of hydrogen-bond acceptors (Lipinski definition) is 3. The lowest BCUT2D eigenvalue weighted by Crippen LogP contribution is -2.24. The molecule has 0 aliphatic rings. The van der Waals surface area contributed by atoms with Crippen molar-refractivity contribution in [3.63, 3.8) is 0 Å². The SMILES string of the molecule is CCN(CCCCOc1ccc(N)cc1)c1ccccc1. The fraction of sp³-hybridized carbons (Fsp3) is 0.333. The Balaban J connectivity index is 1.68. The zero-order chi connectivity index (χ0) is 14.9. The van der Waals surface area contributed by atoms with E-state index in [2.05, 4.69) is 42.2 Å². The third kappa shape index (κ3) is 5.03. The van der Waals surface area contributed by atoms with Gasteiger partial charge in [0.25, 0.3) is 0 Å². The Labute approximate surface area is 127 Å². The van der Waals surface area contributed by atoms with Crippen LogP contribution in [-0.2, 0) is 0 Å². The second-order valence-corrected chi connectivity index (χ2v) is 5.04. The van der Waals surface area contributed by atoms with Crippen molar-refractivity contribution in [2.75, 3.05) is 30.3 Å². The van der Waals surface area contributed by atoms with E-state index in [0.717, 1.165) is 44.0 Å². The van der Waals surface area contributed by atoms with E-state index in [1.807, 2.05) is 24.3 Å². The minimum Gasteiger partial charge on any atom is -0.494 e. The van der Waals surface area contributed by atoms with E-state index >= 15 is 0 Å². The summed E-state index contributed by atoms with van der Waals surface area (Å²) in [6.07, 6.45) is 2.17. The van der Waals surface area contributed by atoms with Crippen molar-refractivity contribution in [2.45, 2.75) is 19.8 Å². The van der Waals surface area contributed by atoms with Crippen molar-refractivity contribution < 1.29 is 4.74 Å². The normalized spacial score (nSPS) is 10.3. The fourth-order valence-electron chi connectivity index (χ4n) is 2.27. The minimum atomic E-state index is 0.746. The first-order valence-corrected chi connectivity index (χ1v) is 7.58. The van der Waals surface area contributed by atoms with Crippen molar-refractivity contribution in [1.82, 2.24) is 0 Å². The van der Waals surface area contributed by atoms with Gasteiger partial charge in [-0.05, 0) is 56.2 Å². The topological polar surface area (TPSA) is 38.5 Å². The lowest BCUT2D eigenvalue weighted by molar-refractivity contribution is 0.307. The number of rotatable bonds is 8. The van der Waals surface area contributed by atoms with Gasteiger partial charge in [-0.3, -0.25) is 0 Å². The number of anilines is 2. The molecule has 2 aromatic carbocycles. The molecular weight excluding hydrogens is 260 g/mol. The summed E-state index contributed by atoms with van der Waals surface area (Å²) >= 11 is 0. The van der Waals surface area contributed by atoms with Crippen LogP contribution in [0.4, 0.5) is 11.4 Å². The number of benzene rings is 2. The molecule has 2 N–H and O–H groups in total. The maximum Gasteiger partial charge on any atom is 0.119 e. The van der Waals surface area contributed by atoms with E-state index in [1.165, 1.54) is 5.69 Å². The first kappa shape index (κ1) is 15.2. The number of nitrogen functional groups attached to an aromatic ring is 1. The summed E-state index contributed by atoms with van der Waals surface area (Å²) in [7, 11) is 0. The molecule has 112 valence electrons. The highest BCUT2D eigenvalue weighted by molar-refractivity contribution is 5.45. The molecule has 0 amide bonds. The molecule has 2 rings (SSSR count). The Morgan fingerprint density at radius 1 is 0.952 bits per heavy atom. The van der Waals surface area contributed by atoms with Gasteiger partial charge in [0.1, 0.15) is 5.75 Å². The van der Waals surface area contributed by atoms with Gasteiger partial charge in [-0.1, -0.05) is 18.2 Å². The van der Waals surface area contributed by atoms with Crippen molar-refractivity contribution in [3.8, 4) is 5.75 Å². The molecule has 0 saturated carbocycles. The zero-order valence-corrected chi connectivity index (χ0v) is 12.7. The average molecular weight is 284 g/mol. The van der Waals surface area contributed by atoms with Crippen LogP contribution in [0.1, 0.15) is 19.8 Å². The first-order chi connectivity index (χ1) is 10.3. The van der Waals surface area contributed by atoms with Crippen LogP contribution in [0.2, 0.25) is 0 Å².